The number of carbonyl (C=O) groups is 1. The average Bonchev–Trinajstić information content (AvgIpc) is 2.15. The molecule has 0 aromatic carbocycles. The van der Waals surface area contributed by atoms with Crippen LogP contribution in [0.1, 0.15) is 47.0 Å². The Kier molecular flexibility index (Phi) is 4.19. The molecule has 1 aliphatic heterocycles. The number of rotatable bonds is 1. The summed E-state index contributed by atoms with van der Waals surface area (Å²) in [6.45, 7) is 7.97. The molecule has 94 valence electrons. The van der Waals surface area contributed by atoms with E-state index in [0.29, 0.717) is 6.54 Å². The quantitative estimate of drug-likeness (QED) is 0.749. The van der Waals surface area contributed by atoms with Crippen molar-refractivity contribution in [1.82, 2.24) is 4.90 Å². The Bertz CT molecular complexity index is 245. The van der Waals surface area contributed by atoms with Crippen LogP contribution >= 0.6 is 0 Å². The van der Waals surface area contributed by atoms with Crippen LogP contribution in [0.2, 0.25) is 0 Å². The summed E-state index contributed by atoms with van der Waals surface area (Å²) in [4.78, 5) is 13.6. The number of aliphatic hydroxyl groups is 1. The molecule has 0 unspecified atom stereocenters. The summed E-state index contributed by atoms with van der Waals surface area (Å²) in [5.74, 6) is 0. The minimum Gasteiger partial charge on any atom is -0.444 e. The summed E-state index contributed by atoms with van der Waals surface area (Å²) in [6, 6.07) is -0.0939. The van der Waals surface area contributed by atoms with Crippen LogP contribution in [0, 0.1) is 0 Å². The Morgan fingerprint density at radius 2 is 2.06 bits per heavy atom. The monoisotopic (exact) mass is 229 g/mol. The third-order valence-electron chi connectivity index (χ3n) is 2.73. The van der Waals surface area contributed by atoms with Gasteiger partial charge in [-0.2, -0.15) is 0 Å². The molecular weight excluding hydrogens is 206 g/mol. The molecule has 1 heterocycles. The Balaban J connectivity index is 2.64. The van der Waals surface area contributed by atoms with Gasteiger partial charge >= 0.3 is 6.09 Å². The number of hydrogen-bond donors (Lipinski definition) is 1. The lowest BCUT2D eigenvalue weighted by Crippen LogP contribution is -2.50. The van der Waals surface area contributed by atoms with Crippen LogP contribution in [-0.2, 0) is 4.74 Å². The second-order valence-corrected chi connectivity index (χ2v) is 5.48. The van der Waals surface area contributed by atoms with Gasteiger partial charge in [-0.3, -0.25) is 0 Å². The fourth-order valence-electron chi connectivity index (χ4n) is 2.01. The van der Waals surface area contributed by atoms with E-state index in [0.717, 1.165) is 19.3 Å². The third-order valence-corrected chi connectivity index (χ3v) is 2.73. The van der Waals surface area contributed by atoms with E-state index in [-0.39, 0.29) is 12.1 Å². The summed E-state index contributed by atoms with van der Waals surface area (Å²) < 4.78 is 5.33. The molecule has 1 rings (SSSR count). The Morgan fingerprint density at radius 3 is 2.56 bits per heavy atom. The van der Waals surface area contributed by atoms with Crippen molar-refractivity contribution in [2.45, 2.75) is 64.7 Å². The van der Waals surface area contributed by atoms with Gasteiger partial charge in [0.25, 0.3) is 0 Å². The first-order valence-corrected chi connectivity index (χ1v) is 5.99. The van der Waals surface area contributed by atoms with Crippen LogP contribution in [0.3, 0.4) is 0 Å². The molecular formula is C12H23NO3. The highest BCUT2D eigenvalue weighted by Crippen LogP contribution is 2.22. The van der Waals surface area contributed by atoms with E-state index < -0.39 is 11.7 Å². The molecule has 0 bridgehead atoms. The van der Waals surface area contributed by atoms with Gasteiger partial charge in [0.05, 0.1) is 12.1 Å². The second kappa shape index (κ2) is 5.04. The molecule has 4 heteroatoms. The van der Waals surface area contributed by atoms with E-state index >= 15 is 0 Å². The molecule has 1 fully saturated rings. The van der Waals surface area contributed by atoms with Crippen LogP contribution in [-0.4, -0.2) is 40.4 Å². The van der Waals surface area contributed by atoms with E-state index in [1.165, 1.54) is 0 Å². The van der Waals surface area contributed by atoms with Crippen molar-refractivity contribution in [3.63, 3.8) is 0 Å². The molecule has 0 saturated carbocycles. The van der Waals surface area contributed by atoms with E-state index in [9.17, 15) is 9.90 Å². The van der Waals surface area contributed by atoms with Crippen LogP contribution in [0.4, 0.5) is 4.79 Å². The van der Waals surface area contributed by atoms with Crippen molar-refractivity contribution >= 4 is 6.09 Å². The number of ether oxygens (including phenoxy) is 1. The molecule has 1 aliphatic rings. The van der Waals surface area contributed by atoms with Gasteiger partial charge in [0, 0.05) is 6.54 Å². The van der Waals surface area contributed by atoms with Crippen LogP contribution < -0.4 is 0 Å². The van der Waals surface area contributed by atoms with Crippen molar-refractivity contribution in [2.24, 2.45) is 0 Å². The molecule has 1 N–H and O–H groups in total. The van der Waals surface area contributed by atoms with Crippen molar-refractivity contribution in [2.75, 3.05) is 6.54 Å². The lowest BCUT2D eigenvalue weighted by atomic mass is 9.99. The van der Waals surface area contributed by atoms with Gasteiger partial charge in [-0.15, -0.1) is 0 Å². The van der Waals surface area contributed by atoms with Gasteiger partial charge in [0.2, 0.25) is 0 Å². The predicted octanol–water partition coefficient (Wildman–Crippen LogP) is 2.16. The number of nitrogens with zero attached hydrogens (tertiary/aromatic N) is 1. The van der Waals surface area contributed by atoms with Gasteiger partial charge in [0.15, 0.2) is 0 Å². The zero-order valence-electron chi connectivity index (χ0n) is 10.7. The second-order valence-electron chi connectivity index (χ2n) is 5.48. The van der Waals surface area contributed by atoms with E-state index in [4.69, 9.17) is 4.74 Å². The number of piperidine rings is 1. The average molecular weight is 229 g/mol. The highest BCUT2D eigenvalue weighted by Gasteiger charge is 2.32. The van der Waals surface area contributed by atoms with E-state index in [1.54, 1.807) is 11.8 Å². The zero-order chi connectivity index (χ0) is 12.3. The first-order chi connectivity index (χ1) is 7.31. The summed E-state index contributed by atoms with van der Waals surface area (Å²) in [7, 11) is 0. The minimum atomic E-state index is -0.493. The van der Waals surface area contributed by atoms with Gasteiger partial charge < -0.3 is 14.7 Å². The largest absolute Gasteiger partial charge is 0.444 e. The van der Waals surface area contributed by atoms with Gasteiger partial charge in [-0.1, -0.05) is 0 Å². The number of likely N-dealkylation sites (tertiary alicyclic amines) is 1. The molecule has 1 saturated heterocycles. The summed E-state index contributed by atoms with van der Waals surface area (Å²) in [6.07, 6.45) is 2.11. The van der Waals surface area contributed by atoms with Gasteiger partial charge in [-0.25, -0.2) is 4.79 Å². The summed E-state index contributed by atoms with van der Waals surface area (Å²) >= 11 is 0. The fraction of sp³-hybridized carbons (Fsp3) is 0.917. The molecule has 4 nitrogen and oxygen atoms in total. The van der Waals surface area contributed by atoms with Gasteiger partial charge in [-0.05, 0) is 47.0 Å². The number of carbonyl (C=O) groups excluding carboxylic acids is 1. The maximum Gasteiger partial charge on any atom is 0.410 e. The van der Waals surface area contributed by atoms with Crippen LogP contribution in [0.25, 0.3) is 0 Å². The molecule has 2 atom stereocenters. The SMILES string of the molecule is C[C@@H](O)[C@@H]1CCCCN1C(=O)OC(C)(C)C. The summed E-state index contributed by atoms with van der Waals surface area (Å²) in [5, 5.41) is 9.65. The maximum atomic E-state index is 11.9. The fourth-order valence-corrected chi connectivity index (χ4v) is 2.01. The Hall–Kier alpha value is -0.770. The molecule has 0 radical (unpaired) electrons. The first-order valence-electron chi connectivity index (χ1n) is 5.99. The lowest BCUT2D eigenvalue weighted by molar-refractivity contribution is -0.0125. The molecule has 0 aromatic heterocycles. The number of aliphatic hydroxyl groups excluding tert-OH is 1. The normalized spacial score (nSPS) is 24.1. The molecule has 16 heavy (non-hydrogen) atoms. The number of hydrogen-bond acceptors (Lipinski definition) is 3. The molecule has 1 amide bonds. The van der Waals surface area contributed by atoms with Crippen LogP contribution in [0.5, 0.6) is 0 Å². The number of amides is 1. The van der Waals surface area contributed by atoms with Crippen molar-refractivity contribution < 1.29 is 14.6 Å². The van der Waals surface area contributed by atoms with Crippen molar-refractivity contribution in [1.29, 1.82) is 0 Å². The molecule has 0 aromatic rings. The van der Waals surface area contributed by atoms with E-state index in [1.807, 2.05) is 20.8 Å². The smallest absolute Gasteiger partial charge is 0.410 e. The molecule has 0 spiro atoms. The minimum absolute atomic E-state index is 0.0939. The van der Waals surface area contributed by atoms with Crippen molar-refractivity contribution in [3.05, 3.63) is 0 Å². The Morgan fingerprint density at radius 1 is 1.44 bits per heavy atom. The third kappa shape index (κ3) is 3.67. The van der Waals surface area contributed by atoms with E-state index in [2.05, 4.69) is 0 Å². The standard InChI is InChI=1S/C12H23NO3/c1-9(14)10-7-5-6-8-13(10)11(15)16-12(2,3)4/h9-10,14H,5-8H2,1-4H3/t9-,10+/m1/s1. The predicted molar refractivity (Wildman–Crippen MR) is 62.3 cm³/mol. The highest BCUT2D eigenvalue weighted by molar-refractivity contribution is 5.68. The summed E-state index contributed by atoms with van der Waals surface area (Å²) in [5.41, 5.74) is -0.474. The molecule has 0 aliphatic carbocycles. The van der Waals surface area contributed by atoms with Gasteiger partial charge in [0.1, 0.15) is 5.60 Å². The topological polar surface area (TPSA) is 49.8 Å². The highest BCUT2D eigenvalue weighted by atomic mass is 16.6. The van der Waals surface area contributed by atoms with Crippen molar-refractivity contribution in [3.8, 4) is 0 Å². The van der Waals surface area contributed by atoms with Crippen LogP contribution in [0.15, 0.2) is 0 Å². The first kappa shape index (κ1) is 13.3. The Labute approximate surface area is 97.6 Å². The lowest BCUT2D eigenvalue weighted by Gasteiger charge is -2.38. The maximum absolute atomic E-state index is 11.9. The zero-order valence-corrected chi connectivity index (χ0v) is 10.7.